The monoisotopic (exact) mass is 840 g/mol. The molecule has 3 aromatic carbocycles. The number of phenols is 3. The van der Waals surface area contributed by atoms with Crippen molar-refractivity contribution in [2.75, 3.05) is 27.2 Å². The molecule has 13 atom stereocenters. The quantitative estimate of drug-likeness (QED) is 0.0455. The third-order valence-electron chi connectivity index (χ3n) is 17.8. The molecule has 1 heterocycles. The molecule has 3 aromatic rings. The standard InChI is InChI=1S/C53H64N2O7/c1-4-5-7-12-42-44(57)22-38(39-24-48(62-3)47(60)21-35(39)30-56)32(19-31-10-8-6-9-11-31)13-14-33-29-55-52-18-16-36-20-34(28-54-2)41-27-50(36)17-15-37(52)26-51(42,61)49(33)53(50,52)43-25-46(59)45(58)23-40(41)43/h6,8-11,15,17,21,23-25,32-34,36-38,41-42,49,54-56,58-61H,4-5,7,12,16,18-20,22,26-30H2,1-3H3/t32-,33-,34-,36+,37+,38+,41+,42-,49+,50-,51+,52-,53+/m1/s1. The summed E-state index contributed by atoms with van der Waals surface area (Å²) in [7, 11) is 3.52. The first-order valence-electron chi connectivity index (χ1n) is 23.5. The summed E-state index contributed by atoms with van der Waals surface area (Å²) in [4.78, 5) is 15.9. The predicted octanol–water partition coefficient (Wildman–Crippen LogP) is 7.38. The number of allylic oxidation sites excluding steroid dienone is 1. The summed E-state index contributed by atoms with van der Waals surface area (Å²) < 4.78 is 5.64. The average Bonchev–Trinajstić information content (AvgIpc) is 3.26. The van der Waals surface area contributed by atoms with Gasteiger partial charge in [-0.3, -0.25) is 4.79 Å². The van der Waals surface area contributed by atoms with Gasteiger partial charge in [0.15, 0.2) is 23.0 Å². The van der Waals surface area contributed by atoms with Crippen LogP contribution in [0.15, 0.2) is 66.7 Å². The zero-order chi connectivity index (χ0) is 43.2. The van der Waals surface area contributed by atoms with E-state index in [1.54, 1.807) is 12.1 Å². The molecule has 0 radical (unpaired) electrons. The third-order valence-corrected chi connectivity index (χ3v) is 17.8. The number of ether oxygens (including phenoxy) is 1. The Labute approximate surface area is 366 Å². The van der Waals surface area contributed by atoms with Gasteiger partial charge in [-0.15, -0.1) is 0 Å². The number of benzene rings is 3. The first-order chi connectivity index (χ1) is 30.0. The minimum absolute atomic E-state index is 0.0115. The van der Waals surface area contributed by atoms with Crippen LogP contribution in [0.1, 0.15) is 111 Å². The number of aliphatic hydroxyl groups excluding tert-OH is 1. The number of nitrogens with one attached hydrogen (secondary N) is 2. The maximum absolute atomic E-state index is 15.9. The summed E-state index contributed by atoms with van der Waals surface area (Å²) in [5.41, 5.74) is 1.46. The van der Waals surface area contributed by atoms with E-state index in [4.69, 9.17) is 4.74 Å². The van der Waals surface area contributed by atoms with Gasteiger partial charge in [0, 0.05) is 58.9 Å². The summed E-state index contributed by atoms with van der Waals surface area (Å²) in [5, 5.41) is 66.8. The van der Waals surface area contributed by atoms with E-state index in [1.165, 1.54) is 7.11 Å². The number of carbonyl (C=O) groups is 1. The second-order valence-corrected chi connectivity index (χ2v) is 20.3. The SMILES string of the molecule is CCCCC[C@@H]1C(=O)C[C@H](c2cc(OC)c(O)cc2CO)[C@@H](Cc2ccccc2)C#C[C@@H]2CN[C@]34CC[C@H]5C[C@H](CNC)[C@@H]6C[C@]57C=C[C@H]3C[C@@]1(O)[C@H]2[C@@]74c1cc(O)c(O)cc16. The zero-order valence-electron chi connectivity index (χ0n) is 36.5. The molecule has 9 nitrogen and oxygen atoms in total. The molecular weight excluding hydrogens is 777 g/mol. The lowest BCUT2D eigenvalue weighted by Crippen LogP contribution is -2.88. The number of rotatable bonds is 11. The van der Waals surface area contributed by atoms with Crippen LogP contribution >= 0.6 is 0 Å². The number of fused-ring (bicyclic) bond motifs is 3. The van der Waals surface area contributed by atoms with Crippen LogP contribution < -0.4 is 15.4 Å². The highest BCUT2D eigenvalue weighted by Gasteiger charge is 2.83. The lowest BCUT2D eigenvalue weighted by Gasteiger charge is -2.82. The highest BCUT2D eigenvalue weighted by Crippen LogP contribution is 2.81. The number of aliphatic hydroxyl groups is 2. The number of carbonyl (C=O) groups excluding carboxylic acids is 1. The Morgan fingerprint density at radius 3 is 2.53 bits per heavy atom. The van der Waals surface area contributed by atoms with E-state index in [2.05, 4.69) is 53.7 Å². The van der Waals surface area contributed by atoms with Gasteiger partial charge in [0.05, 0.1) is 19.3 Å². The summed E-state index contributed by atoms with van der Waals surface area (Å²) in [6.07, 6.45) is 13.2. The van der Waals surface area contributed by atoms with Gasteiger partial charge in [0.25, 0.3) is 0 Å². The Hall–Kier alpha value is -4.33. The van der Waals surface area contributed by atoms with Crippen molar-refractivity contribution >= 4 is 5.78 Å². The van der Waals surface area contributed by atoms with Gasteiger partial charge < -0.3 is 40.9 Å². The van der Waals surface area contributed by atoms with Crippen LogP contribution in [0.2, 0.25) is 0 Å². The second kappa shape index (κ2) is 15.4. The Morgan fingerprint density at radius 2 is 1.77 bits per heavy atom. The van der Waals surface area contributed by atoms with Crippen molar-refractivity contribution in [3.63, 3.8) is 0 Å². The van der Waals surface area contributed by atoms with Crippen molar-refractivity contribution in [3.8, 4) is 34.8 Å². The third kappa shape index (κ3) is 5.71. The van der Waals surface area contributed by atoms with Crippen LogP contribution in [0, 0.1) is 58.7 Å². The average molecular weight is 841 g/mol. The van der Waals surface area contributed by atoms with Crippen molar-refractivity contribution in [1.29, 1.82) is 0 Å². The predicted molar refractivity (Wildman–Crippen MR) is 238 cm³/mol. The molecule has 7 aliphatic rings. The van der Waals surface area contributed by atoms with Gasteiger partial charge in [-0.25, -0.2) is 0 Å². The number of phenolic OH excluding ortho intramolecular Hbond substituents is 3. The maximum atomic E-state index is 15.9. The van der Waals surface area contributed by atoms with E-state index >= 15 is 4.79 Å². The van der Waals surface area contributed by atoms with Crippen molar-refractivity contribution in [2.24, 2.45) is 46.8 Å². The minimum atomic E-state index is -1.44. The summed E-state index contributed by atoms with van der Waals surface area (Å²) in [6.45, 7) is 3.25. The minimum Gasteiger partial charge on any atom is -0.504 e. The number of aromatic hydroxyl groups is 3. The fourth-order valence-corrected chi connectivity index (χ4v) is 15.7. The van der Waals surface area contributed by atoms with Gasteiger partial charge in [-0.05, 0) is 134 Å². The molecule has 0 amide bonds. The van der Waals surface area contributed by atoms with Crippen LogP contribution in [0.4, 0.5) is 0 Å². The van der Waals surface area contributed by atoms with Crippen molar-refractivity contribution in [3.05, 3.63) is 94.6 Å². The van der Waals surface area contributed by atoms with Crippen LogP contribution in [-0.4, -0.2) is 69.7 Å². The number of unbranched alkanes of at least 4 members (excludes halogenated alkanes) is 2. The molecular formula is C53H64N2O7. The lowest BCUT2D eigenvalue weighted by molar-refractivity contribution is -0.263. The van der Waals surface area contributed by atoms with Crippen LogP contribution in [0.3, 0.4) is 0 Å². The summed E-state index contributed by atoms with van der Waals surface area (Å²) >= 11 is 0. The van der Waals surface area contributed by atoms with E-state index in [0.717, 1.165) is 73.7 Å². The topological polar surface area (TPSA) is 152 Å². The smallest absolute Gasteiger partial charge is 0.160 e. The van der Waals surface area contributed by atoms with Gasteiger partial charge in [0.2, 0.25) is 0 Å². The van der Waals surface area contributed by atoms with Gasteiger partial charge in [-0.1, -0.05) is 80.5 Å². The molecule has 328 valence electrons. The van der Waals surface area contributed by atoms with Crippen LogP contribution in [-0.2, 0) is 23.2 Å². The van der Waals surface area contributed by atoms with Crippen molar-refractivity contribution in [2.45, 2.75) is 113 Å². The highest BCUT2D eigenvalue weighted by molar-refractivity contribution is 5.84. The number of ketones is 1. The molecule has 1 saturated heterocycles. The zero-order valence-corrected chi connectivity index (χ0v) is 36.5. The molecule has 9 heteroatoms. The Balaban J connectivity index is 1.25. The largest absolute Gasteiger partial charge is 0.504 e. The molecule has 0 unspecified atom stereocenters. The van der Waals surface area contributed by atoms with E-state index < -0.39 is 34.3 Å². The van der Waals surface area contributed by atoms with Crippen molar-refractivity contribution in [1.82, 2.24) is 10.6 Å². The molecule has 3 saturated carbocycles. The van der Waals surface area contributed by atoms with E-state index in [1.807, 2.05) is 37.4 Å². The van der Waals surface area contributed by atoms with Gasteiger partial charge >= 0.3 is 0 Å². The molecule has 10 rings (SSSR count). The molecule has 1 aliphatic heterocycles. The molecule has 6 aliphatic carbocycles. The van der Waals surface area contributed by atoms with Gasteiger partial charge in [0.1, 0.15) is 5.78 Å². The number of hydrogen-bond acceptors (Lipinski definition) is 9. The first kappa shape index (κ1) is 41.7. The normalized spacial score (nSPS) is 38.3. The van der Waals surface area contributed by atoms with Gasteiger partial charge in [-0.2, -0.15) is 0 Å². The molecule has 0 aromatic heterocycles. The number of hydrogen-bond donors (Lipinski definition) is 7. The Morgan fingerprint density at radius 1 is 0.968 bits per heavy atom. The molecule has 6 bridgehead atoms. The van der Waals surface area contributed by atoms with Crippen LogP contribution in [0.25, 0.3) is 0 Å². The lowest BCUT2D eigenvalue weighted by atomic mass is 9.24. The van der Waals surface area contributed by atoms with Crippen molar-refractivity contribution < 1.29 is 35.1 Å². The number of methoxy groups -OCH3 is 1. The molecule has 7 N–H and O–H groups in total. The first-order valence-corrected chi connectivity index (χ1v) is 23.5. The Bertz CT molecular complexity index is 2340. The van der Waals surface area contributed by atoms with Crippen LogP contribution in [0.5, 0.6) is 23.0 Å². The number of Topliss-reactive ketones (excluding diaryl/α,β-unsaturated/α-hetero) is 1. The fourth-order valence-electron chi connectivity index (χ4n) is 15.7. The highest BCUT2D eigenvalue weighted by atomic mass is 16.5. The summed E-state index contributed by atoms with van der Waals surface area (Å²) in [6, 6.07) is 17.3. The molecule has 4 fully saturated rings. The second-order valence-electron chi connectivity index (χ2n) is 20.3. The van der Waals surface area contributed by atoms with E-state index in [9.17, 15) is 25.5 Å². The fraction of sp³-hybridized carbons (Fsp3) is 0.566. The number of piperidine rings is 1. The molecule has 2 spiro atoms. The van der Waals surface area contributed by atoms with E-state index in [0.29, 0.717) is 43.2 Å². The maximum Gasteiger partial charge on any atom is 0.160 e. The molecule has 62 heavy (non-hydrogen) atoms. The Kier molecular flexibility index (Phi) is 10.4. The summed E-state index contributed by atoms with van der Waals surface area (Å²) in [5.74, 6) is 6.13. The van der Waals surface area contributed by atoms with E-state index in [-0.39, 0.29) is 70.9 Å².